The number of hydrogen-bond acceptors (Lipinski definition) is 4. The van der Waals surface area contributed by atoms with Crippen molar-refractivity contribution in [2.24, 2.45) is 5.10 Å². The zero-order valence-electron chi connectivity index (χ0n) is 11.1. The number of nitro groups is 1. The molecule has 0 aromatic heterocycles. The van der Waals surface area contributed by atoms with E-state index < -0.39 is 4.92 Å². The van der Waals surface area contributed by atoms with Crippen molar-refractivity contribution in [2.45, 2.75) is 13.3 Å². The molecule has 1 N–H and O–H groups in total. The van der Waals surface area contributed by atoms with Gasteiger partial charge in [-0.1, -0.05) is 49.4 Å². The maximum atomic E-state index is 10.7. The van der Waals surface area contributed by atoms with Crippen molar-refractivity contribution >= 4 is 11.5 Å². The van der Waals surface area contributed by atoms with Gasteiger partial charge in [-0.05, 0) is 28.2 Å². The molecule has 0 amide bonds. The Morgan fingerprint density at radius 1 is 1.15 bits per heavy atom. The molecule has 2 aromatic carbocycles. The fourth-order valence-electron chi connectivity index (χ4n) is 1.78. The zero-order valence-corrected chi connectivity index (χ0v) is 11.1. The van der Waals surface area contributed by atoms with Gasteiger partial charge in [0.25, 0.3) is 0 Å². The highest BCUT2D eigenvalue weighted by Crippen LogP contribution is 2.22. The van der Waals surface area contributed by atoms with E-state index >= 15 is 0 Å². The summed E-state index contributed by atoms with van der Waals surface area (Å²) in [6.45, 7) is 1.70. The van der Waals surface area contributed by atoms with Crippen LogP contribution < -0.4 is 5.43 Å². The number of nitrogens with zero attached hydrogens (tertiary/aromatic N) is 2. The number of amidine groups is 1. The Bertz CT molecular complexity index is 624. The minimum absolute atomic E-state index is 0.0879. The lowest BCUT2D eigenvalue weighted by Crippen LogP contribution is -2.12. The molecule has 0 atom stereocenters. The monoisotopic (exact) mass is 269 g/mol. The van der Waals surface area contributed by atoms with E-state index in [0.717, 1.165) is 16.8 Å². The summed E-state index contributed by atoms with van der Waals surface area (Å²) < 4.78 is 0. The summed E-state index contributed by atoms with van der Waals surface area (Å²) in [5, 5.41) is 14.5. The van der Waals surface area contributed by atoms with E-state index in [9.17, 15) is 10.1 Å². The second-order valence-corrected chi connectivity index (χ2v) is 4.20. The molecule has 102 valence electrons. The smallest absolute Gasteiger partial charge is 0.358 e. The van der Waals surface area contributed by atoms with Crippen LogP contribution in [0.1, 0.15) is 13.3 Å². The molecule has 2 aromatic rings. The minimum Gasteiger partial charge on any atom is -0.358 e. The Balaban J connectivity index is 2.21. The molecule has 0 aliphatic carbocycles. The van der Waals surface area contributed by atoms with Crippen LogP contribution in [0.2, 0.25) is 0 Å². The highest BCUT2D eigenvalue weighted by Gasteiger charge is 2.08. The van der Waals surface area contributed by atoms with E-state index in [4.69, 9.17) is 0 Å². The third-order valence-corrected chi connectivity index (χ3v) is 2.81. The van der Waals surface area contributed by atoms with E-state index in [1.165, 1.54) is 0 Å². The van der Waals surface area contributed by atoms with Gasteiger partial charge in [-0.3, -0.25) is 0 Å². The topological polar surface area (TPSA) is 67.5 Å². The van der Waals surface area contributed by atoms with Gasteiger partial charge in [-0.2, -0.15) is 5.43 Å². The summed E-state index contributed by atoms with van der Waals surface area (Å²) in [7, 11) is 0. The molecule has 0 unspecified atom stereocenters. The van der Waals surface area contributed by atoms with Gasteiger partial charge in [0.15, 0.2) is 0 Å². The molecule has 2 rings (SSSR count). The van der Waals surface area contributed by atoms with E-state index in [1.807, 2.05) is 54.6 Å². The molecule has 0 spiro atoms. The highest BCUT2D eigenvalue weighted by atomic mass is 16.6. The number of hydrazone groups is 1. The maximum absolute atomic E-state index is 10.7. The average Bonchev–Trinajstić information content (AvgIpc) is 2.49. The summed E-state index contributed by atoms with van der Waals surface area (Å²) >= 11 is 0. The summed E-state index contributed by atoms with van der Waals surface area (Å²) in [6.07, 6.45) is 0.276. The first kappa shape index (κ1) is 13.7. The second-order valence-electron chi connectivity index (χ2n) is 4.20. The first-order valence-electron chi connectivity index (χ1n) is 6.33. The van der Waals surface area contributed by atoms with Gasteiger partial charge in [-0.15, -0.1) is 0 Å². The first-order valence-corrected chi connectivity index (χ1v) is 6.33. The number of rotatable bonds is 4. The van der Waals surface area contributed by atoms with Crippen LogP contribution in [0.15, 0.2) is 59.7 Å². The molecule has 5 heteroatoms. The summed E-state index contributed by atoms with van der Waals surface area (Å²) in [5.41, 5.74) is 5.58. The summed E-state index contributed by atoms with van der Waals surface area (Å²) in [5.74, 6) is -0.0879. The van der Waals surface area contributed by atoms with Crippen LogP contribution in [0.25, 0.3) is 11.1 Å². The van der Waals surface area contributed by atoms with Crippen LogP contribution >= 0.6 is 0 Å². The van der Waals surface area contributed by atoms with Crippen LogP contribution in [0.4, 0.5) is 5.69 Å². The molecule has 0 heterocycles. The quantitative estimate of drug-likeness (QED) is 0.397. The molecular weight excluding hydrogens is 254 g/mol. The van der Waals surface area contributed by atoms with Crippen molar-refractivity contribution in [1.82, 2.24) is 0 Å². The molecule has 5 nitrogen and oxygen atoms in total. The molecule has 0 fully saturated rings. The number of benzene rings is 2. The van der Waals surface area contributed by atoms with E-state index in [2.05, 4.69) is 10.5 Å². The van der Waals surface area contributed by atoms with Gasteiger partial charge < -0.3 is 10.1 Å². The lowest BCUT2D eigenvalue weighted by atomic mass is 10.1. The Hall–Kier alpha value is -2.69. The van der Waals surface area contributed by atoms with Gasteiger partial charge in [0.1, 0.15) is 0 Å². The van der Waals surface area contributed by atoms with E-state index in [0.29, 0.717) is 0 Å². The second kappa shape index (κ2) is 6.47. The maximum Gasteiger partial charge on any atom is 0.363 e. The van der Waals surface area contributed by atoms with Crippen LogP contribution in [0.5, 0.6) is 0 Å². The average molecular weight is 269 g/mol. The van der Waals surface area contributed by atoms with Crippen LogP contribution in [-0.4, -0.2) is 10.8 Å². The van der Waals surface area contributed by atoms with Gasteiger partial charge in [0, 0.05) is 0 Å². The van der Waals surface area contributed by atoms with E-state index in [1.54, 1.807) is 6.92 Å². The normalized spacial score (nSPS) is 11.2. The van der Waals surface area contributed by atoms with Gasteiger partial charge in [0.2, 0.25) is 0 Å². The standard InChI is InChI=1S/C15H15N3O2/c1-2-15(18(19)20)17-16-14-10-6-9-13(11-14)12-7-4-3-5-8-12/h3-11,16H,2H2,1H3/b17-15+. The molecular formula is C15H15N3O2. The highest BCUT2D eigenvalue weighted by molar-refractivity contribution is 5.75. The van der Waals surface area contributed by atoms with Crippen LogP contribution in [0.3, 0.4) is 0 Å². The van der Waals surface area contributed by atoms with Crippen molar-refractivity contribution in [1.29, 1.82) is 0 Å². The lowest BCUT2D eigenvalue weighted by molar-refractivity contribution is -0.353. The minimum atomic E-state index is -0.478. The number of hydrogen-bond donors (Lipinski definition) is 1. The predicted octanol–water partition coefficient (Wildman–Crippen LogP) is 3.77. The Morgan fingerprint density at radius 3 is 2.50 bits per heavy atom. The molecule has 0 bridgehead atoms. The van der Waals surface area contributed by atoms with Crippen LogP contribution in [-0.2, 0) is 0 Å². The SMILES string of the molecule is CC/C(=N\Nc1cccc(-c2ccccc2)c1)[N+](=O)[O-]. The molecule has 0 saturated carbocycles. The Kier molecular flexibility index (Phi) is 4.44. The fourth-order valence-corrected chi connectivity index (χ4v) is 1.78. The van der Waals surface area contributed by atoms with Crippen molar-refractivity contribution in [3.63, 3.8) is 0 Å². The molecule has 0 aliphatic heterocycles. The van der Waals surface area contributed by atoms with Crippen molar-refractivity contribution in [3.05, 3.63) is 64.7 Å². The lowest BCUT2D eigenvalue weighted by Gasteiger charge is -2.03. The van der Waals surface area contributed by atoms with Gasteiger partial charge in [-0.25, -0.2) is 0 Å². The molecule has 20 heavy (non-hydrogen) atoms. The zero-order chi connectivity index (χ0) is 14.4. The number of anilines is 1. The largest absolute Gasteiger partial charge is 0.363 e. The third-order valence-electron chi connectivity index (χ3n) is 2.81. The van der Waals surface area contributed by atoms with Crippen molar-refractivity contribution < 1.29 is 4.92 Å². The Labute approximate surface area is 117 Å². The number of nitrogens with one attached hydrogen (secondary N) is 1. The molecule has 0 saturated heterocycles. The van der Waals surface area contributed by atoms with Crippen LogP contribution in [0, 0.1) is 10.1 Å². The summed E-state index contributed by atoms with van der Waals surface area (Å²) in [6, 6.07) is 17.5. The van der Waals surface area contributed by atoms with E-state index in [-0.39, 0.29) is 12.3 Å². The third kappa shape index (κ3) is 3.41. The molecule has 0 radical (unpaired) electrons. The van der Waals surface area contributed by atoms with Crippen molar-refractivity contribution in [2.75, 3.05) is 5.43 Å². The predicted molar refractivity (Wildman–Crippen MR) is 80.2 cm³/mol. The molecule has 0 aliphatic rings. The Morgan fingerprint density at radius 2 is 1.85 bits per heavy atom. The van der Waals surface area contributed by atoms with Gasteiger partial charge in [0.05, 0.1) is 17.2 Å². The fraction of sp³-hybridized carbons (Fsp3) is 0.133. The van der Waals surface area contributed by atoms with Gasteiger partial charge >= 0.3 is 5.84 Å². The summed E-state index contributed by atoms with van der Waals surface area (Å²) in [4.78, 5) is 10.2. The van der Waals surface area contributed by atoms with Crippen molar-refractivity contribution in [3.8, 4) is 11.1 Å². The first-order chi connectivity index (χ1) is 9.70.